The van der Waals surface area contributed by atoms with Crippen LogP contribution in [0.5, 0.6) is 0 Å². The highest BCUT2D eigenvalue weighted by Gasteiger charge is 2.21. The highest BCUT2D eigenvalue weighted by atomic mass is 35.5. The van der Waals surface area contributed by atoms with E-state index in [-0.39, 0.29) is 23.1 Å². The third-order valence-corrected chi connectivity index (χ3v) is 4.13. The topological polar surface area (TPSA) is 128 Å². The van der Waals surface area contributed by atoms with Gasteiger partial charge in [-0.2, -0.15) is 4.98 Å². The van der Waals surface area contributed by atoms with E-state index in [9.17, 15) is 18.5 Å². The lowest BCUT2D eigenvalue weighted by atomic mass is 10.3. The summed E-state index contributed by atoms with van der Waals surface area (Å²) >= 11 is 5.75. The fourth-order valence-corrected chi connectivity index (χ4v) is 2.82. The van der Waals surface area contributed by atoms with Crippen LogP contribution in [0.3, 0.4) is 0 Å². The van der Waals surface area contributed by atoms with Gasteiger partial charge in [0.15, 0.2) is 5.82 Å². The van der Waals surface area contributed by atoms with E-state index in [4.69, 9.17) is 11.6 Å². The number of nitrogens with one attached hydrogen (secondary N) is 1. The summed E-state index contributed by atoms with van der Waals surface area (Å²) in [6.45, 7) is -0.224. The van der Waals surface area contributed by atoms with Crippen molar-refractivity contribution in [1.29, 1.82) is 0 Å². The van der Waals surface area contributed by atoms with Gasteiger partial charge in [-0.05, 0) is 6.07 Å². The van der Waals surface area contributed by atoms with Crippen molar-refractivity contribution in [2.45, 2.75) is 11.4 Å². The molecule has 20 heavy (non-hydrogen) atoms. The highest BCUT2D eigenvalue weighted by Crippen LogP contribution is 2.26. The fourth-order valence-electron chi connectivity index (χ4n) is 1.32. The Morgan fingerprint density at radius 1 is 1.45 bits per heavy atom. The van der Waals surface area contributed by atoms with Crippen LogP contribution in [0, 0.1) is 10.1 Å². The smallest absolute Gasteiger partial charge is 0.270 e. The van der Waals surface area contributed by atoms with E-state index in [0.717, 1.165) is 24.6 Å². The fraction of sp³-hybridized carbons (Fsp3) is 0.111. The Bertz CT molecular complexity index is 731. The maximum absolute atomic E-state index is 12.0. The van der Waals surface area contributed by atoms with Crippen molar-refractivity contribution in [2.24, 2.45) is 0 Å². The molecule has 0 aliphatic heterocycles. The van der Waals surface area contributed by atoms with Crippen LogP contribution in [0.15, 0.2) is 34.0 Å². The third kappa shape index (κ3) is 3.10. The maximum atomic E-state index is 12.0. The summed E-state index contributed by atoms with van der Waals surface area (Å²) < 4.78 is 30.7. The number of nitro groups is 1. The van der Waals surface area contributed by atoms with Gasteiger partial charge in [0, 0.05) is 12.1 Å². The van der Waals surface area contributed by atoms with Crippen LogP contribution in [0.1, 0.15) is 5.82 Å². The molecule has 9 nitrogen and oxygen atoms in total. The van der Waals surface area contributed by atoms with Gasteiger partial charge < -0.3 is 4.52 Å². The Hall–Kier alpha value is -2.04. The van der Waals surface area contributed by atoms with Crippen molar-refractivity contribution in [3.63, 3.8) is 0 Å². The minimum Gasteiger partial charge on any atom is -0.343 e. The number of hydrogen-bond donors (Lipinski definition) is 1. The number of nitro benzene ring substituents is 1. The Kier molecular flexibility index (Phi) is 3.97. The van der Waals surface area contributed by atoms with Crippen LogP contribution < -0.4 is 4.72 Å². The molecule has 106 valence electrons. The molecule has 2 rings (SSSR count). The number of halogens is 1. The normalized spacial score (nSPS) is 11.4. The van der Waals surface area contributed by atoms with Crippen LogP contribution in [-0.4, -0.2) is 23.5 Å². The SMILES string of the molecule is O=[N+]([O-])c1ccc(Cl)c(S(=O)(=O)NCc2ncon2)c1. The molecule has 0 aliphatic carbocycles. The van der Waals surface area contributed by atoms with Gasteiger partial charge in [-0.3, -0.25) is 10.1 Å². The van der Waals surface area contributed by atoms with E-state index < -0.39 is 19.8 Å². The first-order chi connectivity index (χ1) is 9.40. The largest absolute Gasteiger partial charge is 0.343 e. The zero-order valence-corrected chi connectivity index (χ0v) is 11.3. The second-order valence-corrected chi connectivity index (χ2v) is 5.69. The van der Waals surface area contributed by atoms with Gasteiger partial charge in [-0.1, -0.05) is 16.8 Å². The van der Waals surface area contributed by atoms with E-state index in [2.05, 4.69) is 19.4 Å². The van der Waals surface area contributed by atoms with Crippen molar-refractivity contribution in [3.8, 4) is 0 Å². The molecule has 2 aromatic rings. The second kappa shape index (κ2) is 5.53. The van der Waals surface area contributed by atoms with Crippen molar-refractivity contribution in [1.82, 2.24) is 14.9 Å². The summed E-state index contributed by atoms with van der Waals surface area (Å²) in [5, 5.41) is 13.9. The summed E-state index contributed by atoms with van der Waals surface area (Å²) in [5.74, 6) is 0.120. The quantitative estimate of drug-likeness (QED) is 0.645. The maximum Gasteiger partial charge on any atom is 0.270 e. The molecule has 0 saturated heterocycles. The van der Waals surface area contributed by atoms with Gasteiger partial charge in [0.25, 0.3) is 5.69 Å². The van der Waals surface area contributed by atoms with E-state index in [1.54, 1.807) is 0 Å². The zero-order chi connectivity index (χ0) is 14.8. The Morgan fingerprint density at radius 2 is 2.20 bits per heavy atom. The number of sulfonamides is 1. The summed E-state index contributed by atoms with van der Waals surface area (Å²) in [5.41, 5.74) is -0.380. The molecule has 1 aromatic heterocycles. The predicted octanol–water partition coefficient (Wildman–Crippen LogP) is 1.11. The van der Waals surface area contributed by atoms with Crippen LogP contribution in [0.25, 0.3) is 0 Å². The Balaban J connectivity index is 2.28. The lowest BCUT2D eigenvalue weighted by molar-refractivity contribution is -0.385. The average Bonchev–Trinajstić information content (AvgIpc) is 2.89. The molecule has 0 saturated carbocycles. The average molecular weight is 319 g/mol. The molecule has 0 amide bonds. The van der Waals surface area contributed by atoms with E-state index in [0.29, 0.717) is 0 Å². The van der Waals surface area contributed by atoms with Crippen molar-refractivity contribution in [2.75, 3.05) is 0 Å². The molecule has 0 bridgehead atoms. The minimum atomic E-state index is -4.03. The molecule has 1 heterocycles. The van der Waals surface area contributed by atoms with E-state index in [1.165, 1.54) is 0 Å². The summed E-state index contributed by atoms with van der Waals surface area (Å²) in [6.07, 6.45) is 1.05. The molecule has 0 spiro atoms. The molecular formula is C9H7ClN4O5S. The third-order valence-electron chi connectivity index (χ3n) is 2.24. The molecule has 0 fully saturated rings. The van der Waals surface area contributed by atoms with Crippen molar-refractivity contribution < 1.29 is 17.9 Å². The highest BCUT2D eigenvalue weighted by molar-refractivity contribution is 7.89. The van der Waals surface area contributed by atoms with Crippen LogP contribution in [-0.2, 0) is 16.6 Å². The molecular weight excluding hydrogens is 312 g/mol. The molecule has 0 radical (unpaired) electrons. The molecule has 1 N–H and O–H groups in total. The number of non-ortho nitro benzene ring substituents is 1. The monoisotopic (exact) mass is 318 g/mol. The zero-order valence-electron chi connectivity index (χ0n) is 9.69. The summed E-state index contributed by atoms with van der Waals surface area (Å²) in [6, 6.07) is 3.13. The number of rotatable bonds is 5. The van der Waals surface area contributed by atoms with E-state index >= 15 is 0 Å². The van der Waals surface area contributed by atoms with Crippen LogP contribution in [0.2, 0.25) is 5.02 Å². The second-order valence-electron chi connectivity index (χ2n) is 3.54. The first kappa shape index (κ1) is 14.4. The van der Waals surface area contributed by atoms with Crippen LogP contribution in [0.4, 0.5) is 5.69 Å². The van der Waals surface area contributed by atoms with Gasteiger partial charge in [-0.25, -0.2) is 13.1 Å². The van der Waals surface area contributed by atoms with Gasteiger partial charge in [-0.15, -0.1) is 0 Å². The summed E-state index contributed by atoms with van der Waals surface area (Å²) in [4.78, 5) is 13.2. The molecule has 0 atom stereocenters. The van der Waals surface area contributed by atoms with Crippen molar-refractivity contribution in [3.05, 3.63) is 45.6 Å². The number of hydrogen-bond acceptors (Lipinski definition) is 7. The lowest BCUT2D eigenvalue weighted by Gasteiger charge is -2.06. The van der Waals surface area contributed by atoms with E-state index in [1.807, 2.05) is 0 Å². The number of benzene rings is 1. The standard InChI is InChI=1S/C9H7ClN4O5S/c10-7-2-1-6(14(15)16)3-8(7)20(17,18)12-4-9-11-5-19-13-9/h1-3,5,12H,4H2. The molecule has 11 heteroatoms. The van der Waals surface area contributed by atoms with Crippen molar-refractivity contribution >= 4 is 27.3 Å². The molecule has 1 aromatic carbocycles. The first-order valence-electron chi connectivity index (χ1n) is 5.09. The Morgan fingerprint density at radius 3 is 2.80 bits per heavy atom. The first-order valence-corrected chi connectivity index (χ1v) is 6.95. The van der Waals surface area contributed by atoms with Gasteiger partial charge >= 0.3 is 0 Å². The number of aromatic nitrogens is 2. The van der Waals surface area contributed by atoms with Crippen LogP contribution >= 0.6 is 11.6 Å². The molecule has 0 unspecified atom stereocenters. The van der Waals surface area contributed by atoms with Gasteiger partial charge in [0.2, 0.25) is 16.4 Å². The predicted molar refractivity (Wildman–Crippen MR) is 66.4 cm³/mol. The Labute approximate surface area is 117 Å². The molecule has 0 aliphatic rings. The summed E-state index contributed by atoms with van der Waals surface area (Å²) in [7, 11) is -4.03. The van der Waals surface area contributed by atoms with Gasteiger partial charge in [0.1, 0.15) is 4.90 Å². The number of nitrogens with zero attached hydrogens (tertiary/aromatic N) is 3. The minimum absolute atomic E-state index is 0.120. The van der Waals surface area contributed by atoms with Gasteiger partial charge in [0.05, 0.1) is 16.5 Å². The lowest BCUT2D eigenvalue weighted by Crippen LogP contribution is -2.24.